The lowest BCUT2D eigenvalue weighted by atomic mass is 9.50. The van der Waals surface area contributed by atoms with Crippen molar-refractivity contribution in [2.24, 2.45) is 4.99 Å². The van der Waals surface area contributed by atoms with Crippen molar-refractivity contribution < 1.29 is 0 Å². The summed E-state index contributed by atoms with van der Waals surface area (Å²) in [6, 6.07) is 79.4. The first-order chi connectivity index (χ1) is 34.7. The van der Waals surface area contributed by atoms with E-state index in [1.54, 1.807) is 0 Å². The number of hydrogen-bond acceptors (Lipinski definition) is 2. The Kier molecular flexibility index (Phi) is 8.48. The molecule has 5 aliphatic rings. The molecule has 1 nitrogen and oxygen atoms in total. The van der Waals surface area contributed by atoms with Crippen LogP contribution in [0.3, 0.4) is 0 Å². The number of dihydropyridines is 1. The lowest BCUT2D eigenvalue weighted by Gasteiger charge is -2.51. The molecule has 0 saturated heterocycles. The van der Waals surface area contributed by atoms with Crippen molar-refractivity contribution in [1.29, 1.82) is 0 Å². The van der Waals surface area contributed by atoms with Crippen molar-refractivity contribution in [3.63, 3.8) is 0 Å². The smallest absolute Gasteiger partial charge is 0.101 e. The first-order valence-corrected chi connectivity index (χ1v) is 25.5. The second-order valence-corrected chi connectivity index (χ2v) is 20.6. The Balaban J connectivity index is 0.999. The Morgan fingerprint density at radius 3 is 1.84 bits per heavy atom. The molecule has 0 fully saturated rings. The summed E-state index contributed by atoms with van der Waals surface area (Å²) in [6.07, 6.45) is 9.15. The zero-order chi connectivity index (χ0) is 46.1. The van der Waals surface area contributed by atoms with Crippen molar-refractivity contribution >= 4 is 42.8 Å². The number of nitrogens with zero attached hydrogens (tertiary/aromatic N) is 1. The molecule has 9 aromatic carbocycles. The SMILES string of the molecule is C=C1C(c2ccccc2)=CC(c2ccccc2)=N[C@@H]1c1ccc(-c2cccc3c2C2(C4=C(C=CCC4)C4(c5ccccc5-c5ccccc54)c4ccccc42)c2ccc4sc5ccccc5c4c2-3)cc1. The van der Waals surface area contributed by atoms with Gasteiger partial charge in [-0.05, 0) is 137 Å². The first kappa shape index (κ1) is 39.8. The molecule has 2 heteroatoms. The molecule has 0 saturated carbocycles. The van der Waals surface area contributed by atoms with E-state index in [0.717, 1.165) is 46.4 Å². The van der Waals surface area contributed by atoms with Gasteiger partial charge < -0.3 is 0 Å². The summed E-state index contributed by atoms with van der Waals surface area (Å²) in [6.45, 7) is 4.74. The van der Waals surface area contributed by atoms with Gasteiger partial charge in [0.05, 0.1) is 16.5 Å². The maximum atomic E-state index is 5.45. The molecule has 15 rings (SSSR count). The summed E-state index contributed by atoms with van der Waals surface area (Å²) in [7, 11) is 0. The molecule has 2 heterocycles. The zero-order valence-electron chi connectivity index (χ0n) is 38.5. The molecule has 328 valence electrons. The van der Waals surface area contributed by atoms with Crippen molar-refractivity contribution in [2.75, 3.05) is 0 Å². The maximum absolute atomic E-state index is 5.45. The average Bonchev–Trinajstić information content (AvgIpc) is 4.06. The molecule has 70 heavy (non-hydrogen) atoms. The van der Waals surface area contributed by atoms with Crippen LogP contribution in [0.15, 0.2) is 259 Å². The molecule has 10 aromatic rings. The molecule has 1 aliphatic heterocycles. The highest BCUT2D eigenvalue weighted by Crippen LogP contribution is 2.70. The van der Waals surface area contributed by atoms with Crippen LogP contribution >= 0.6 is 11.3 Å². The number of fused-ring (bicyclic) bond motifs is 19. The van der Waals surface area contributed by atoms with E-state index in [-0.39, 0.29) is 6.04 Å². The van der Waals surface area contributed by atoms with Crippen LogP contribution in [0.5, 0.6) is 0 Å². The molecular weight excluding hydrogens is 863 g/mol. The molecule has 0 N–H and O–H groups in total. The van der Waals surface area contributed by atoms with Crippen molar-refractivity contribution in [3.8, 4) is 33.4 Å². The van der Waals surface area contributed by atoms with Crippen LogP contribution in [0.25, 0.3) is 59.1 Å². The summed E-state index contributed by atoms with van der Waals surface area (Å²) in [4.78, 5) is 5.45. The molecule has 1 aromatic heterocycles. The van der Waals surface area contributed by atoms with Gasteiger partial charge in [-0.15, -0.1) is 11.3 Å². The Bertz CT molecular complexity index is 3960. The Morgan fingerprint density at radius 2 is 1.10 bits per heavy atom. The maximum Gasteiger partial charge on any atom is 0.101 e. The van der Waals surface area contributed by atoms with E-state index in [1.807, 2.05) is 11.3 Å². The fourth-order valence-corrected chi connectivity index (χ4v) is 14.7. The minimum Gasteiger partial charge on any atom is -0.272 e. The van der Waals surface area contributed by atoms with E-state index < -0.39 is 10.8 Å². The average molecular weight is 908 g/mol. The number of aliphatic imine (C=N–C) groups is 1. The van der Waals surface area contributed by atoms with Gasteiger partial charge in [-0.25, -0.2) is 0 Å². The molecule has 0 radical (unpaired) electrons. The third-order valence-electron chi connectivity index (χ3n) is 16.3. The van der Waals surface area contributed by atoms with Gasteiger partial charge in [-0.3, -0.25) is 4.99 Å². The Morgan fingerprint density at radius 1 is 0.486 bits per heavy atom. The molecule has 2 spiro atoms. The molecule has 0 amide bonds. The first-order valence-electron chi connectivity index (χ1n) is 24.6. The zero-order valence-corrected chi connectivity index (χ0v) is 39.3. The summed E-state index contributed by atoms with van der Waals surface area (Å²) in [5.74, 6) is 0. The van der Waals surface area contributed by atoms with Crippen molar-refractivity contribution in [2.45, 2.75) is 29.7 Å². The number of allylic oxidation sites excluding steroid dienone is 5. The minimum atomic E-state index is -0.562. The topological polar surface area (TPSA) is 12.4 Å². The summed E-state index contributed by atoms with van der Waals surface area (Å²) >= 11 is 1.91. The third kappa shape index (κ3) is 5.19. The van der Waals surface area contributed by atoms with Gasteiger partial charge in [-0.2, -0.15) is 0 Å². The van der Waals surface area contributed by atoms with E-state index >= 15 is 0 Å². The van der Waals surface area contributed by atoms with Crippen LogP contribution in [0.1, 0.15) is 69.0 Å². The monoisotopic (exact) mass is 907 g/mol. The summed E-state index contributed by atoms with van der Waals surface area (Å²) in [5.41, 5.74) is 24.6. The predicted molar refractivity (Wildman–Crippen MR) is 293 cm³/mol. The van der Waals surface area contributed by atoms with Gasteiger partial charge in [0.1, 0.15) is 6.04 Å². The van der Waals surface area contributed by atoms with E-state index in [1.165, 1.54) is 98.1 Å². The molecule has 2 atom stereocenters. The second kappa shape index (κ2) is 14.9. The van der Waals surface area contributed by atoms with Gasteiger partial charge in [-0.1, -0.05) is 219 Å². The molecule has 0 bridgehead atoms. The van der Waals surface area contributed by atoms with Crippen LogP contribution in [-0.2, 0) is 10.8 Å². The van der Waals surface area contributed by atoms with E-state index in [2.05, 4.69) is 231 Å². The van der Waals surface area contributed by atoms with Gasteiger partial charge in [0.2, 0.25) is 0 Å². The van der Waals surface area contributed by atoms with Gasteiger partial charge in [0.25, 0.3) is 0 Å². The van der Waals surface area contributed by atoms with Crippen LogP contribution < -0.4 is 0 Å². The van der Waals surface area contributed by atoms with Crippen molar-refractivity contribution in [1.82, 2.24) is 0 Å². The second-order valence-electron chi connectivity index (χ2n) is 19.5. The quantitative estimate of drug-likeness (QED) is 0.167. The highest BCUT2D eigenvalue weighted by Gasteiger charge is 2.60. The number of thiophene rings is 1. The minimum absolute atomic E-state index is 0.234. The highest BCUT2D eigenvalue weighted by molar-refractivity contribution is 7.26. The van der Waals surface area contributed by atoms with Gasteiger partial charge in [0, 0.05) is 20.2 Å². The number of hydrogen-bond donors (Lipinski definition) is 0. The van der Waals surface area contributed by atoms with Crippen LogP contribution in [0.2, 0.25) is 0 Å². The largest absolute Gasteiger partial charge is 0.272 e. The van der Waals surface area contributed by atoms with Gasteiger partial charge in [0.15, 0.2) is 0 Å². The summed E-state index contributed by atoms with van der Waals surface area (Å²) in [5, 5.41) is 2.71. The fourth-order valence-electron chi connectivity index (χ4n) is 13.6. The van der Waals surface area contributed by atoms with Gasteiger partial charge >= 0.3 is 0 Å². The molecular formula is C68H45NS. The van der Waals surface area contributed by atoms with E-state index in [0.29, 0.717) is 0 Å². The highest BCUT2D eigenvalue weighted by atomic mass is 32.1. The van der Waals surface area contributed by atoms with Crippen LogP contribution in [-0.4, -0.2) is 5.71 Å². The Labute approximate surface area is 412 Å². The van der Waals surface area contributed by atoms with E-state index in [4.69, 9.17) is 11.6 Å². The normalized spacial score (nSPS) is 18.9. The van der Waals surface area contributed by atoms with Crippen LogP contribution in [0.4, 0.5) is 0 Å². The van der Waals surface area contributed by atoms with E-state index in [9.17, 15) is 0 Å². The molecule has 1 unspecified atom stereocenters. The lowest BCUT2D eigenvalue weighted by molar-refractivity contribution is 0.591. The lowest BCUT2D eigenvalue weighted by Crippen LogP contribution is -2.44. The standard InChI is InChI=1S/C68H45NS/c1-42-52(43-19-4-2-5-20-43)41-60(45-21-6-3-7-22-45)69-66(42)46-37-35-44(36-38-46)47-26-18-27-51-63-59(39-40-62-64(63)50-25-10-17-34-61(50)70-62)68(65(47)51)57-32-15-13-30-55(57)67(56-31-14-16-33-58(56)68)53-28-11-8-23-48(53)49-24-9-12-29-54(49)67/h2-15,17-32,34-41,66H,1,16,33H2/t66-,68?/m0/s1. The summed E-state index contributed by atoms with van der Waals surface area (Å²) < 4.78 is 2.66. The predicted octanol–water partition coefficient (Wildman–Crippen LogP) is 17.2. The van der Waals surface area contributed by atoms with Crippen LogP contribution in [0, 0.1) is 0 Å². The Hall–Kier alpha value is -8.17. The third-order valence-corrected chi connectivity index (χ3v) is 17.4. The number of rotatable bonds is 4. The fraction of sp³-hybridized carbons (Fsp3) is 0.0735. The number of benzene rings is 9. The molecule has 4 aliphatic carbocycles. The van der Waals surface area contributed by atoms with Crippen molar-refractivity contribution in [3.05, 3.63) is 304 Å².